The highest BCUT2D eigenvalue weighted by Gasteiger charge is 2.28. The molecule has 1 aliphatic rings. The first-order chi connectivity index (χ1) is 9.49. The molecule has 0 atom stereocenters. The van der Waals surface area contributed by atoms with Gasteiger partial charge < -0.3 is 4.98 Å². The Morgan fingerprint density at radius 1 is 1.20 bits per heavy atom. The van der Waals surface area contributed by atoms with E-state index < -0.39 is 11.6 Å². The minimum atomic E-state index is -0.931. The highest BCUT2D eigenvalue weighted by molar-refractivity contribution is 9.11. The maximum absolute atomic E-state index is 13.6. The Morgan fingerprint density at radius 2 is 1.90 bits per heavy atom. The molecule has 7 heteroatoms. The first-order valence-electron chi connectivity index (χ1n) is 5.92. The van der Waals surface area contributed by atoms with Crippen LogP contribution in [0.4, 0.5) is 8.78 Å². The molecule has 1 saturated carbocycles. The minimum Gasteiger partial charge on any atom is -0.342 e. The van der Waals surface area contributed by atoms with Crippen molar-refractivity contribution in [3.8, 4) is 11.4 Å². The molecule has 0 aliphatic heterocycles. The van der Waals surface area contributed by atoms with E-state index in [1.165, 1.54) is 6.07 Å². The molecule has 0 bridgehead atoms. The molecule has 0 radical (unpaired) electrons. The Balaban J connectivity index is 2.20. The summed E-state index contributed by atoms with van der Waals surface area (Å²) in [6.45, 7) is 0. The maximum Gasteiger partial charge on any atom is 0.173 e. The van der Waals surface area contributed by atoms with Crippen molar-refractivity contribution in [2.24, 2.45) is 0 Å². The molecule has 0 amide bonds. The van der Waals surface area contributed by atoms with Crippen molar-refractivity contribution < 1.29 is 8.78 Å². The van der Waals surface area contributed by atoms with Crippen molar-refractivity contribution in [2.45, 2.75) is 18.8 Å². The highest BCUT2D eigenvalue weighted by Crippen LogP contribution is 2.43. The van der Waals surface area contributed by atoms with Crippen LogP contribution in [0.5, 0.6) is 0 Å². The van der Waals surface area contributed by atoms with Crippen molar-refractivity contribution >= 4 is 44.1 Å². The number of H-pyrrole nitrogens is 1. The van der Waals surface area contributed by atoms with Crippen LogP contribution in [0.25, 0.3) is 11.4 Å². The van der Waals surface area contributed by atoms with Crippen LogP contribution in [0.15, 0.2) is 21.1 Å². The Bertz CT molecular complexity index is 757. The zero-order valence-corrected chi connectivity index (χ0v) is 14.0. The van der Waals surface area contributed by atoms with Gasteiger partial charge in [-0.1, -0.05) is 12.2 Å². The van der Waals surface area contributed by atoms with E-state index in [1.807, 2.05) is 0 Å². The van der Waals surface area contributed by atoms with Crippen LogP contribution < -0.4 is 0 Å². The quantitative estimate of drug-likeness (QED) is 0.513. The number of rotatable bonds is 2. The normalized spacial score (nSPS) is 14.6. The summed E-state index contributed by atoms with van der Waals surface area (Å²) in [5.41, 5.74) is 1.42. The van der Waals surface area contributed by atoms with Crippen LogP contribution in [0, 0.1) is 16.3 Å². The number of hydrogen-bond donors (Lipinski definition) is 1. The van der Waals surface area contributed by atoms with E-state index in [4.69, 9.17) is 12.2 Å². The zero-order chi connectivity index (χ0) is 14.4. The molecule has 20 heavy (non-hydrogen) atoms. The molecule has 0 spiro atoms. The third-order valence-electron chi connectivity index (χ3n) is 3.17. The minimum absolute atomic E-state index is 0.0414. The Hall–Kier alpha value is -0.660. The van der Waals surface area contributed by atoms with Crippen molar-refractivity contribution in [1.29, 1.82) is 0 Å². The molecular formula is C13H8Br2F2N2S. The first-order valence-corrected chi connectivity index (χ1v) is 7.92. The standard InChI is InChI=1S/C13H8Br2F2N2S/c14-8-6(3-4-7(16)10(8)17)12-18-11(5-1-2-5)9(15)13(20)19-12/h3-5H,1-2H2,(H,18,19,20). The highest BCUT2D eigenvalue weighted by atomic mass is 79.9. The zero-order valence-electron chi connectivity index (χ0n) is 10.0. The summed E-state index contributed by atoms with van der Waals surface area (Å²) in [5, 5.41) is 0. The van der Waals surface area contributed by atoms with Crippen LogP contribution in [0.1, 0.15) is 24.5 Å². The van der Waals surface area contributed by atoms with Crippen LogP contribution >= 0.6 is 44.1 Å². The molecule has 1 aromatic heterocycles. The lowest BCUT2D eigenvalue weighted by Crippen LogP contribution is -1.99. The molecule has 1 N–H and O–H groups in total. The van der Waals surface area contributed by atoms with Crippen molar-refractivity contribution in [2.75, 3.05) is 0 Å². The summed E-state index contributed by atoms with van der Waals surface area (Å²) in [4.78, 5) is 7.41. The number of benzene rings is 1. The van der Waals surface area contributed by atoms with E-state index >= 15 is 0 Å². The lowest BCUT2D eigenvalue weighted by molar-refractivity contribution is 0.504. The summed E-state index contributed by atoms with van der Waals surface area (Å²) < 4.78 is 28.0. The molecule has 0 saturated heterocycles. The number of halogens is 4. The fraction of sp³-hybridized carbons (Fsp3) is 0.231. The van der Waals surface area contributed by atoms with Crippen LogP contribution in [-0.2, 0) is 0 Å². The van der Waals surface area contributed by atoms with E-state index in [2.05, 4.69) is 41.8 Å². The smallest absolute Gasteiger partial charge is 0.173 e. The molecule has 2 nitrogen and oxygen atoms in total. The second-order valence-electron chi connectivity index (χ2n) is 4.62. The molecule has 1 aliphatic carbocycles. The summed E-state index contributed by atoms with van der Waals surface area (Å²) in [6.07, 6.45) is 2.18. The number of aromatic nitrogens is 2. The average Bonchev–Trinajstić information content (AvgIpc) is 3.24. The van der Waals surface area contributed by atoms with Gasteiger partial charge in [-0.15, -0.1) is 0 Å². The number of hydrogen-bond acceptors (Lipinski definition) is 2. The predicted molar refractivity (Wildman–Crippen MR) is 82.1 cm³/mol. The lowest BCUT2D eigenvalue weighted by Gasteiger charge is -2.10. The molecule has 1 fully saturated rings. The van der Waals surface area contributed by atoms with Crippen molar-refractivity contribution in [3.63, 3.8) is 0 Å². The van der Waals surface area contributed by atoms with Crippen LogP contribution in [0.3, 0.4) is 0 Å². The van der Waals surface area contributed by atoms with Gasteiger partial charge in [-0.05, 0) is 56.8 Å². The van der Waals surface area contributed by atoms with Crippen LogP contribution in [-0.4, -0.2) is 9.97 Å². The first kappa shape index (κ1) is 14.3. The van der Waals surface area contributed by atoms with Crippen molar-refractivity contribution in [3.05, 3.63) is 43.0 Å². The summed E-state index contributed by atoms with van der Waals surface area (Å²) in [7, 11) is 0. The van der Waals surface area contributed by atoms with E-state index in [0.29, 0.717) is 21.9 Å². The van der Waals surface area contributed by atoms with Gasteiger partial charge in [0.2, 0.25) is 0 Å². The molecule has 3 rings (SSSR count). The van der Waals surface area contributed by atoms with Gasteiger partial charge >= 0.3 is 0 Å². The largest absolute Gasteiger partial charge is 0.342 e. The van der Waals surface area contributed by atoms with Gasteiger partial charge in [-0.3, -0.25) is 0 Å². The summed E-state index contributed by atoms with van der Waals surface area (Å²) in [6, 6.07) is 2.55. The fourth-order valence-corrected chi connectivity index (χ4v) is 3.19. The van der Waals surface area contributed by atoms with E-state index in [0.717, 1.165) is 29.1 Å². The number of nitrogens with one attached hydrogen (secondary N) is 1. The molecular weight excluding hydrogens is 414 g/mol. The third-order valence-corrected chi connectivity index (χ3v) is 5.30. The topological polar surface area (TPSA) is 28.7 Å². The second-order valence-corrected chi connectivity index (χ2v) is 6.59. The van der Waals surface area contributed by atoms with Gasteiger partial charge in [0.1, 0.15) is 10.5 Å². The predicted octanol–water partition coefficient (Wildman–Crippen LogP) is 5.49. The maximum atomic E-state index is 13.6. The Kier molecular flexibility index (Phi) is 3.77. The van der Waals surface area contributed by atoms with Gasteiger partial charge in [0.25, 0.3) is 0 Å². The molecule has 0 unspecified atom stereocenters. The number of nitrogens with zero attached hydrogens (tertiary/aromatic N) is 1. The summed E-state index contributed by atoms with van der Waals surface area (Å²) >= 11 is 11.7. The van der Waals surface area contributed by atoms with Crippen molar-refractivity contribution in [1.82, 2.24) is 9.97 Å². The second kappa shape index (κ2) is 5.27. The monoisotopic (exact) mass is 420 g/mol. The third kappa shape index (κ3) is 2.46. The lowest BCUT2D eigenvalue weighted by atomic mass is 10.2. The van der Waals surface area contributed by atoms with Gasteiger partial charge in [-0.25, -0.2) is 13.8 Å². The Labute approximate surface area is 135 Å². The van der Waals surface area contributed by atoms with Crippen LogP contribution in [0.2, 0.25) is 0 Å². The number of aromatic amines is 1. The summed E-state index contributed by atoms with van der Waals surface area (Å²) in [5.74, 6) is -0.971. The van der Waals surface area contributed by atoms with Gasteiger partial charge in [0.15, 0.2) is 11.6 Å². The molecule has 1 aromatic carbocycles. The van der Waals surface area contributed by atoms with E-state index in [-0.39, 0.29) is 4.47 Å². The Morgan fingerprint density at radius 3 is 2.55 bits per heavy atom. The van der Waals surface area contributed by atoms with E-state index in [1.54, 1.807) is 0 Å². The van der Waals surface area contributed by atoms with Gasteiger partial charge in [0, 0.05) is 17.2 Å². The van der Waals surface area contributed by atoms with E-state index in [9.17, 15) is 8.78 Å². The SMILES string of the molecule is Fc1ccc(-c2nc(=S)c(Br)c(C3CC3)[nH]2)c(Br)c1F. The van der Waals surface area contributed by atoms with Gasteiger partial charge in [-0.2, -0.15) is 0 Å². The average molecular weight is 422 g/mol. The molecule has 104 valence electrons. The molecule has 1 heterocycles. The van der Waals surface area contributed by atoms with Gasteiger partial charge in [0.05, 0.1) is 8.95 Å². The molecule has 2 aromatic rings. The fourth-order valence-electron chi connectivity index (χ4n) is 1.97.